The number of rotatable bonds is 8. The van der Waals surface area contributed by atoms with Gasteiger partial charge in [-0.2, -0.15) is 22.0 Å². The monoisotopic (exact) mass is 962 g/mol. The second-order valence-electron chi connectivity index (χ2n) is 14.3. The van der Waals surface area contributed by atoms with Gasteiger partial charge in [-0.3, -0.25) is 0 Å². The van der Waals surface area contributed by atoms with Gasteiger partial charge in [0.15, 0.2) is 0 Å². The summed E-state index contributed by atoms with van der Waals surface area (Å²) in [5.74, 6) is -0.637. The Morgan fingerprint density at radius 2 is 1.53 bits per heavy atom. The first-order chi connectivity index (χ1) is 24.1. The van der Waals surface area contributed by atoms with Gasteiger partial charge in [0.25, 0.3) is 0 Å². The van der Waals surface area contributed by atoms with E-state index in [1.54, 1.807) is 21.1 Å². The second kappa shape index (κ2) is 15.9. The molecule has 0 aliphatic carbocycles. The van der Waals surface area contributed by atoms with E-state index >= 15 is 0 Å². The van der Waals surface area contributed by atoms with E-state index < -0.39 is 54.0 Å². The first-order valence-electron chi connectivity index (χ1n) is 17.4. The van der Waals surface area contributed by atoms with Crippen molar-refractivity contribution >= 4 is 55.3 Å². The molecule has 3 amide bonds. The molecule has 282 valence electrons. The van der Waals surface area contributed by atoms with Crippen molar-refractivity contribution in [2.75, 3.05) is 52.0 Å². The molecule has 51 heavy (non-hydrogen) atoms. The van der Waals surface area contributed by atoms with E-state index in [9.17, 15) is 36.3 Å². The van der Waals surface area contributed by atoms with Gasteiger partial charge in [-0.05, 0) is 57.7 Å². The van der Waals surface area contributed by atoms with Crippen molar-refractivity contribution in [3.05, 3.63) is 48.7 Å². The molecular formula is C35H43F5I2N5O3S-. The molecule has 0 spiro atoms. The third kappa shape index (κ3) is 9.12. The number of benzene rings is 1. The molecular weight excluding hydrogens is 919 g/mol. The molecule has 4 aliphatic heterocycles. The van der Waals surface area contributed by atoms with Crippen LogP contribution in [0.5, 0.6) is 0 Å². The molecule has 0 bridgehead atoms. The summed E-state index contributed by atoms with van der Waals surface area (Å²) in [6.45, 7) is 4.39. The van der Waals surface area contributed by atoms with Gasteiger partial charge in [-0.25, -0.2) is 0 Å². The number of nitrogens with two attached hydrogens (primary N) is 1. The van der Waals surface area contributed by atoms with Crippen LogP contribution >= 0.6 is 33.9 Å². The summed E-state index contributed by atoms with van der Waals surface area (Å²) in [4.78, 5) is 49.8. The number of carbonyl (C=O) groups is 3. The van der Waals surface area contributed by atoms with Crippen LogP contribution in [0.25, 0.3) is 0 Å². The minimum atomic E-state index is -4.99. The average Bonchev–Trinajstić information content (AvgIpc) is 3.54. The summed E-state index contributed by atoms with van der Waals surface area (Å²) < 4.78 is 68.8. The topological polar surface area (TPSA) is 90.2 Å². The molecule has 1 aromatic heterocycles. The number of hydrogen-bond donors (Lipinski definition) is 1. The van der Waals surface area contributed by atoms with Crippen LogP contribution in [-0.2, 0) is 32.7 Å². The molecule has 5 heterocycles. The zero-order valence-electron chi connectivity index (χ0n) is 28.4. The fraction of sp³-hybridized carbons (Fsp3) is 0.629. The zero-order valence-corrected chi connectivity index (χ0v) is 33.5. The van der Waals surface area contributed by atoms with E-state index in [0.717, 1.165) is 73.5 Å². The third-order valence-corrected chi connectivity index (χ3v) is 15.6. The number of piperidine rings is 3. The predicted molar refractivity (Wildman–Crippen MR) is 189 cm³/mol. The van der Waals surface area contributed by atoms with Gasteiger partial charge in [-0.15, -0.1) is 0 Å². The van der Waals surface area contributed by atoms with Gasteiger partial charge in [-0.1, -0.05) is 0 Å². The van der Waals surface area contributed by atoms with Gasteiger partial charge < -0.3 is 10.6 Å². The number of nitrogens with zero attached hydrogens (tertiary/aromatic N) is 4. The molecule has 16 heteroatoms. The Morgan fingerprint density at radius 3 is 2.14 bits per heavy atom. The molecule has 3 fully saturated rings. The molecule has 3 saturated heterocycles. The molecule has 6 rings (SSSR count). The number of hydrogen-bond acceptors (Lipinski definition) is 6. The number of fused-ring (bicyclic) bond motifs is 1. The van der Waals surface area contributed by atoms with Crippen molar-refractivity contribution in [3.8, 4) is 0 Å². The molecule has 2 aromatic rings. The summed E-state index contributed by atoms with van der Waals surface area (Å²) >= 11 is 1.66. The maximum absolute atomic E-state index is 14.5. The molecule has 8 nitrogen and oxygen atoms in total. The van der Waals surface area contributed by atoms with E-state index in [2.05, 4.69) is 11.9 Å². The SMILES string of the molecule is CN1CCC(C2CCN(C(=O)[C@H](CC(=O)N3CCC(N4Cc5sccc5[I-]C4=O)CC3)Cc3cc(C(F)(F)F)c(N)c(C(F)(F)I)c3)CC2)CC1. The number of amides is 3. The molecule has 1 atom stereocenters. The van der Waals surface area contributed by atoms with Crippen LogP contribution in [0.2, 0.25) is 0 Å². The summed E-state index contributed by atoms with van der Waals surface area (Å²) in [6.07, 6.45) is -0.552. The number of nitrogen functional groups attached to an aromatic ring is 1. The zero-order chi connectivity index (χ0) is 36.7. The van der Waals surface area contributed by atoms with Crippen LogP contribution in [0.1, 0.15) is 66.5 Å². The van der Waals surface area contributed by atoms with E-state index in [0.29, 0.717) is 57.4 Å². The van der Waals surface area contributed by atoms with Crippen molar-refractivity contribution in [1.82, 2.24) is 19.6 Å². The van der Waals surface area contributed by atoms with Crippen LogP contribution in [0.15, 0.2) is 23.6 Å². The standard InChI is InChI=1S/C35H43F5I2N5O3S/c1-44-9-2-22(3-10-44)23-4-11-46(12-5-23)32(49)24(16-21-17-26(34(36,37)38)31(43)27(18-21)35(39,40)41)19-30(48)45-13-6-25(7-14-45)47-20-29-28(8-15-51-29)42-33(47)50/h8,15,17-18,22-25H,2-7,9-14,16,19-20,43H2,1H3/q-1/t24-/m0/s1. The minimum Gasteiger partial charge on any atom is -0.398 e. The van der Waals surface area contributed by atoms with Gasteiger partial charge >= 0.3 is 195 Å². The van der Waals surface area contributed by atoms with Gasteiger partial charge in [0.2, 0.25) is 0 Å². The Bertz CT molecular complexity index is 1560. The molecule has 0 unspecified atom stereocenters. The van der Waals surface area contributed by atoms with Gasteiger partial charge in [0.1, 0.15) is 0 Å². The van der Waals surface area contributed by atoms with Crippen molar-refractivity contribution < 1.29 is 57.5 Å². The molecule has 4 aliphatic rings. The first-order valence-corrected chi connectivity index (χ1v) is 21.5. The Kier molecular flexibility index (Phi) is 12.1. The summed E-state index contributed by atoms with van der Waals surface area (Å²) in [7, 11) is 2.11. The number of thiophene rings is 1. The number of anilines is 1. The minimum absolute atomic E-state index is 0.00345. The van der Waals surface area contributed by atoms with Crippen molar-refractivity contribution in [3.63, 3.8) is 0 Å². The molecule has 0 saturated carbocycles. The van der Waals surface area contributed by atoms with Gasteiger partial charge in [0.05, 0.1) is 16.8 Å². The maximum atomic E-state index is 14.5. The number of carbonyl (C=O) groups excluding carboxylic acids is 3. The second-order valence-corrected chi connectivity index (χ2v) is 19.3. The van der Waals surface area contributed by atoms with Crippen LogP contribution in [0.4, 0.5) is 32.4 Å². The van der Waals surface area contributed by atoms with Crippen LogP contribution in [-0.4, -0.2) is 87.7 Å². The van der Waals surface area contributed by atoms with Crippen LogP contribution in [0, 0.1) is 21.3 Å². The van der Waals surface area contributed by atoms with Crippen molar-refractivity contribution in [2.24, 2.45) is 17.8 Å². The first kappa shape index (κ1) is 38.9. The third-order valence-electron chi connectivity index (χ3n) is 11.1. The van der Waals surface area contributed by atoms with Crippen LogP contribution in [0.3, 0.4) is 0 Å². The van der Waals surface area contributed by atoms with Gasteiger partial charge in [0, 0.05) is 22.6 Å². The number of likely N-dealkylation sites (tertiary alicyclic amines) is 3. The van der Waals surface area contributed by atoms with Crippen molar-refractivity contribution in [2.45, 2.75) is 74.1 Å². The Morgan fingerprint density at radius 1 is 0.941 bits per heavy atom. The molecule has 1 aromatic carbocycles. The van der Waals surface area contributed by atoms with Crippen molar-refractivity contribution in [1.29, 1.82) is 0 Å². The number of alkyl halides is 6. The van der Waals surface area contributed by atoms with E-state index in [4.69, 9.17) is 5.73 Å². The normalized spacial score (nSPS) is 21.4. The Hall–Kier alpha value is -1.80. The molecule has 0 radical (unpaired) electrons. The molecule has 2 N–H and O–H groups in total. The van der Waals surface area contributed by atoms with E-state index in [1.807, 2.05) is 16.3 Å². The smallest absolute Gasteiger partial charge is 0.398 e. The predicted octanol–water partition coefficient (Wildman–Crippen LogP) is 3.85. The fourth-order valence-corrected chi connectivity index (χ4v) is 12.4. The summed E-state index contributed by atoms with van der Waals surface area (Å²) in [5.41, 5.74) is 2.11. The quantitative estimate of drug-likeness (QED) is 0.109. The average molecular weight is 963 g/mol. The Labute approximate surface area is 323 Å². The van der Waals surface area contributed by atoms with E-state index in [1.165, 1.54) is 8.45 Å². The summed E-state index contributed by atoms with van der Waals surface area (Å²) in [5, 5.41) is 2.01. The fourth-order valence-electron chi connectivity index (χ4n) is 8.10. The number of halogens is 7. The van der Waals surface area contributed by atoms with E-state index in [-0.39, 0.29) is 40.2 Å². The van der Waals surface area contributed by atoms with Crippen LogP contribution < -0.4 is 26.9 Å². The Balaban J connectivity index is 1.17. The summed E-state index contributed by atoms with van der Waals surface area (Å²) in [6, 6.07) is 3.71.